The zero-order valence-corrected chi connectivity index (χ0v) is 58.3. The van der Waals surface area contributed by atoms with Gasteiger partial charge in [-0.3, -0.25) is 58.1 Å². The van der Waals surface area contributed by atoms with Crippen molar-refractivity contribution in [3.63, 3.8) is 0 Å². The highest BCUT2D eigenvalue weighted by Crippen LogP contribution is 2.22. The first-order valence-corrected chi connectivity index (χ1v) is 33.9. The molecular formula is C69H105N15O14. The molecule has 0 radical (unpaired) electrons. The number of hydrogen-bond donors (Lipinski definition) is 16. The van der Waals surface area contributed by atoms with Crippen molar-refractivity contribution in [2.45, 2.75) is 212 Å². The lowest BCUT2D eigenvalue weighted by Crippen LogP contribution is -2.63. The molecule has 29 heteroatoms. The molecule has 4 rings (SSSR count). The van der Waals surface area contributed by atoms with Crippen LogP contribution < -0.4 is 75.3 Å². The van der Waals surface area contributed by atoms with Crippen molar-refractivity contribution in [1.82, 2.24) is 63.8 Å². The SMILES string of the molecule is CC[C@H](C)[C@H](NC(=O)[C@@H](Cc1ccccc1)NC)C(=O)N[C@@H](Cc1cccc2ccccc12)C(=O)N[C@H](CCC(N)=O)C(=O)N[C@@H](C(=O)N[C@H](C(=O)N[C@@H](CO)C(=O)N[C@H]1C(=O)N[C@@H](C)C(=O)N[C@@H](CCCCNC(=N)N)C(=O)N[C@@H]([C@@H](C)CC)C(=O)O[C@H]1C)[C@@H](C)CC)[C@@H](C)CC. The van der Waals surface area contributed by atoms with E-state index in [1.54, 1.807) is 67.6 Å². The summed E-state index contributed by atoms with van der Waals surface area (Å²) in [6, 6.07) is 7.12. The van der Waals surface area contributed by atoms with E-state index in [1.807, 2.05) is 67.6 Å². The fourth-order valence-corrected chi connectivity index (χ4v) is 11.0. The van der Waals surface area contributed by atoms with Crippen molar-refractivity contribution in [1.29, 1.82) is 5.41 Å². The maximum atomic E-state index is 14.9. The van der Waals surface area contributed by atoms with Crippen molar-refractivity contribution in [2.75, 3.05) is 20.2 Å². The second-order valence-electron chi connectivity index (χ2n) is 25.5. The number of aliphatic hydroxyl groups excluding tert-OH is 1. The molecule has 18 N–H and O–H groups in total. The second-order valence-corrected chi connectivity index (χ2v) is 25.5. The minimum Gasteiger partial charge on any atom is -0.458 e. The summed E-state index contributed by atoms with van der Waals surface area (Å²) in [5, 5.41) is 52.0. The van der Waals surface area contributed by atoms with Crippen LogP contribution in [0.1, 0.15) is 138 Å². The highest BCUT2D eigenvalue weighted by atomic mass is 16.5. The van der Waals surface area contributed by atoms with Gasteiger partial charge in [-0.15, -0.1) is 0 Å². The maximum Gasteiger partial charge on any atom is 0.329 e. The molecule has 98 heavy (non-hydrogen) atoms. The van der Waals surface area contributed by atoms with Crippen LogP contribution in [0.3, 0.4) is 0 Å². The molecule has 1 saturated heterocycles. The maximum absolute atomic E-state index is 14.9. The van der Waals surface area contributed by atoms with E-state index in [2.05, 4.69) is 63.8 Å². The Labute approximate surface area is 573 Å². The number of amides is 11. The van der Waals surface area contributed by atoms with E-state index >= 15 is 0 Å². The lowest BCUT2D eigenvalue weighted by atomic mass is 9.94. The average Bonchev–Trinajstić information content (AvgIpc) is 0.863. The molecule has 11 amide bonds. The summed E-state index contributed by atoms with van der Waals surface area (Å²) in [7, 11) is 1.64. The number of carbonyl (C=O) groups excluding carboxylic acids is 12. The molecule has 0 spiro atoms. The van der Waals surface area contributed by atoms with Crippen molar-refractivity contribution in [2.24, 2.45) is 35.1 Å². The number of esters is 1. The molecular weight excluding hydrogens is 1260 g/mol. The zero-order valence-electron chi connectivity index (χ0n) is 58.3. The Morgan fingerprint density at radius 2 is 1.11 bits per heavy atom. The number of primary amides is 1. The third kappa shape index (κ3) is 24.7. The third-order valence-corrected chi connectivity index (χ3v) is 18.1. The Kier molecular flexibility index (Phi) is 33.5. The molecule has 3 aromatic rings. The normalized spacial score (nSPS) is 20.1. The number of unbranched alkanes of at least 4 members (excludes halogenated alkanes) is 1. The summed E-state index contributed by atoms with van der Waals surface area (Å²) in [6.07, 6.45) is 0.219. The van der Waals surface area contributed by atoms with Gasteiger partial charge in [-0.25, -0.2) is 4.79 Å². The van der Waals surface area contributed by atoms with Gasteiger partial charge in [0.15, 0.2) is 5.96 Å². The van der Waals surface area contributed by atoms with Gasteiger partial charge < -0.3 is 85.1 Å². The summed E-state index contributed by atoms with van der Waals surface area (Å²) in [5.41, 5.74) is 12.5. The van der Waals surface area contributed by atoms with Gasteiger partial charge in [-0.1, -0.05) is 154 Å². The van der Waals surface area contributed by atoms with E-state index in [0.29, 0.717) is 44.2 Å². The highest BCUT2D eigenvalue weighted by Gasteiger charge is 2.41. The highest BCUT2D eigenvalue weighted by molar-refractivity contribution is 6.00. The van der Waals surface area contributed by atoms with Gasteiger partial charge >= 0.3 is 5.97 Å². The van der Waals surface area contributed by atoms with Crippen LogP contribution >= 0.6 is 0 Å². The Balaban J connectivity index is 1.61. The van der Waals surface area contributed by atoms with Crippen molar-refractivity contribution in [3.8, 4) is 0 Å². The molecule has 0 saturated carbocycles. The number of nitrogens with two attached hydrogens (primary N) is 2. The lowest BCUT2D eigenvalue weighted by molar-refractivity contribution is -0.157. The summed E-state index contributed by atoms with van der Waals surface area (Å²) in [6.45, 7) is 15.7. The van der Waals surface area contributed by atoms with E-state index in [1.165, 1.54) is 13.8 Å². The number of hydrogen-bond acceptors (Lipinski definition) is 16. The fourth-order valence-electron chi connectivity index (χ4n) is 11.0. The monoisotopic (exact) mass is 1370 g/mol. The van der Waals surface area contributed by atoms with Crippen LogP contribution in [0.25, 0.3) is 10.8 Å². The van der Waals surface area contributed by atoms with Gasteiger partial charge in [0.05, 0.1) is 12.6 Å². The number of cyclic esters (lactones) is 1. The minimum atomic E-state index is -1.82. The standard InChI is InChI=1S/C69H105N15O14/c1-12-37(5)53(81-61(90)49(73-11)34-43-24-17-16-18-25-43)64(93)78-50(35-45-28-23-27-44-26-19-20-29-46(44)45)62(91)77-48(31-32-52(70)86)60(89)80-55(39(7)14-3)66(95)82-54(38(6)13-2)65(94)79-51(36-85)63(92)84-57-42(10)98-68(97)56(40(8)15-4)83-59(88)47(30-21-22-33-74-69(71)72)76-58(87)41(9)75-67(57)96/h16-20,23-29,37-42,47-51,53-57,73,85H,12-15,21-22,30-36H2,1-11H3,(H2,70,86)(H,75,96)(H,76,87)(H,77,91)(H,78,93)(H,79,94)(H,80,89)(H,81,90)(H,82,95)(H,83,88)(H,84,92)(H4,71,72,74)/t37-,38-,39-,40-,41-,42-,47-,48+,49+,50-,51-,53-,54-,55+,56-,57+/m0/s1. The molecule has 0 unspecified atom stereocenters. The largest absolute Gasteiger partial charge is 0.458 e. The van der Waals surface area contributed by atoms with E-state index in [4.69, 9.17) is 21.6 Å². The third-order valence-electron chi connectivity index (χ3n) is 18.1. The van der Waals surface area contributed by atoms with Crippen molar-refractivity contribution >= 4 is 87.7 Å². The van der Waals surface area contributed by atoms with Crippen LogP contribution in [0, 0.1) is 29.1 Å². The minimum absolute atomic E-state index is 0.0980. The summed E-state index contributed by atoms with van der Waals surface area (Å²) in [4.78, 5) is 170. The molecule has 3 aromatic carbocycles. The van der Waals surface area contributed by atoms with Crippen LogP contribution in [-0.2, 0) is 75.1 Å². The molecule has 1 aliphatic rings. The number of aliphatic hydroxyl groups is 1. The van der Waals surface area contributed by atoms with Gasteiger partial charge in [0, 0.05) is 19.4 Å². The number of fused-ring (bicyclic) bond motifs is 1. The Morgan fingerprint density at radius 1 is 0.582 bits per heavy atom. The van der Waals surface area contributed by atoms with Crippen LogP contribution in [-0.4, -0.2) is 175 Å². The second kappa shape index (κ2) is 40.5. The Bertz CT molecular complexity index is 3220. The molecule has 16 atom stereocenters. The first-order valence-electron chi connectivity index (χ1n) is 33.9. The molecule has 1 aliphatic heterocycles. The summed E-state index contributed by atoms with van der Waals surface area (Å²) in [5.74, 6) is -12.8. The quantitative estimate of drug-likeness (QED) is 0.0159. The predicted molar refractivity (Wildman–Crippen MR) is 368 cm³/mol. The first kappa shape index (κ1) is 81.2. The van der Waals surface area contributed by atoms with Crippen LogP contribution in [0.2, 0.25) is 0 Å². The number of benzene rings is 3. The lowest BCUT2D eigenvalue weighted by Gasteiger charge is -2.31. The van der Waals surface area contributed by atoms with Gasteiger partial charge in [-0.2, -0.15) is 0 Å². The van der Waals surface area contributed by atoms with E-state index in [-0.39, 0.29) is 38.1 Å². The fraction of sp³-hybridized carbons (Fsp3) is 0.580. The summed E-state index contributed by atoms with van der Waals surface area (Å²) >= 11 is 0. The Hall–Kier alpha value is -9.25. The number of ether oxygens (including phenoxy) is 1. The molecule has 0 bridgehead atoms. The topological polar surface area (TPSA) is 455 Å². The molecule has 0 aromatic heterocycles. The van der Waals surface area contributed by atoms with E-state index in [9.17, 15) is 62.6 Å². The van der Waals surface area contributed by atoms with Gasteiger partial charge in [-0.05, 0) is 98.6 Å². The smallest absolute Gasteiger partial charge is 0.329 e. The van der Waals surface area contributed by atoms with E-state index < -0.39 is 180 Å². The van der Waals surface area contributed by atoms with Crippen LogP contribution in [0.5, 0.6) is 0 Å². The summed E-state index contributed by atoms with van der Waals surface area (Å²) < 4.78 is 5.76. The average molecular weight is 1370 g/mol. The number of rotatable bonds is 36. The number of likely N-dealkylation sites (N-methyl/N-ethyl adjacent to an activating group) is 1. The number of carbonyl (C=O) groups is 12. The van der Waals surface area contributed by atoms with Crippen molar-refractivity contribution < 1.29 is 67.4 Å². The number of nitrogens with one attached hydrogen (secondary N) is 13. The zero-order chi connectivity index (χ0) is 72.9. The predicted octanol–water partition coefficient (Wildman–Crippen LogP) is 0.122. The first-order chi connectivity index (χ1) is 46.5. The number of guanidine groups is 1. The molecule has 1 heterocycles. The van der Waals surface area contributed by atoms with Crippen LogP contribution in [0.15, 0.2) is 72.8 Å². The molecule has 29 nitrogen and oxygen atoms in total. The van der Waals surface area contributed by atoms with Gasteiger partial charge in [0.2, 0.25) is 65.0 Å². The molecule has 0 aliphatic carbocycles. The molecule has 1 fully saturated rings. The van der Waals surface area contributed by atoms with Gasteiger partial charge in [0.25, 0.3) is 0 Å². The van der Waals surface area contributed by atoms with Crippen LogP contribution in [0.4, 0.5) is 0 Å². The molecule has 540 valence electrons. The van der Waals surface area contributed by atoms with Crippen molar-refractivity contribution in [3.05, 3.63) is 83.9 Å². The van der Waals surface area contributed by atoms with Gasteiger partial charge in [0.1, 0.15) is 66.5 Å². The Morgan fingerprint density at radius 3 is 1.67 bits per heavy atom. The van der Waals surface area contributed by atoms with E-state index in [0.717, 1.165) is 16.3 Å².